The average Bonchev–Trinajstić information content (AvgIpc) is 2.48. The van der Waals surface area contributed by atoms with Crippen molar-refractivity contribution in [2.45, 2.75) is 19.9 Å². The second kappa shape index (κ2) is 6.39. The minimum Gasteiger partial charge on any atom is -0.504 e. The van der Waals surface area contributed by atoms with Crippen molar-refractivity contribution in [1.29, 1.82) is 0 Å². The van der Waals surface area contributed by atoms with E-state index in [0.29, 0.717) is 5.75 Å². The van der Waals surface area contributed by atoms with E-state index >= 15 is 0 Å². The lowest BCUT2D eigenvalue weighted by atomic mass is 10.1. The summed E-state index contributed by atoms with van der Waals surface area (Å²) in [6, 6.07) is 11.4. The summed E-state index contributed by atoms with van der Waals surface area (Å²) < 4.78 is 10.5. The molecule has 0 bridgehead atoms. The Bertz CT molecular complexity index is 625. The number of rotatable bonds is 5. The fourth-order valence-electron chi connectivity index (χ4n) is 2.21. The molecule has 4 heteroatoms. The number of aromatic hydroxyl groups is 1. The molecule has 0 aliphatic rings. The van der Waals surface area contributed by atoms with Gasteiger partial charge in [0.15, 0.2) is 11.5 Å². The smallest absolute Gasteiger partial charge is 0.160 e. The van der Waals surface area contributed by atoms with E-state index in [1.165, 1.54) is 0 Å². The first-order valence-electron chi connectivity index (χ1n) is 6.83. The monoisotopic (exact) mass is 287 g/mol. The molecule has 2 rings (SSSR count). The molecule has 2 N–H and O–H groups in total. The number of phenols is 1. The van der Waals surface area contributed by atoms with Crippen LogP contribution in [0.3, 0.4) is 0 Å². The third-order valence-corrected chi connectivity index (χ3v) is 3.43. The van der Waals surface area contributed by atoms with Crippen LogP contribution in [0.2, 0.25) is 0 Å². The van der Waals surface area contributed by atoms with E-state index in [1.54, 1.807) is 20.3 Å². The molecular weight excluding hydrogens is 266 g/mol. The number of benzene rings is 2. The van der Waals surface area contributed by atoms with Gasteiger partial charge in [-0.2, -0.15) is 0 Å². The molecule has 0 spiro atoms. The predicted octanol–water partition coefficient (Wildman–Crippen LogP) is 3.89. The molecule has 0 saturated heterocycles. The Morgan fingerprint density at radius 1 is 1.00 bits per heavy atom. The zero-order valence-electron chi connectivity index (χ0n) is 12.8. The number of anilines is 1. The molecule has 0 heterocycles. The summed E-state index contributed by atoms with van der Waals surface area (Å²) in [7, 11) is 3.20. The molecule has 1 atom stereocenters. The number of nitrogens with one attached hydrogen (secondary N) is 1. The van der Waals surface area contributed by atoms with E-state index in [-0.39, 0.29) is 11.8 Å². The molecule has 0 aliphatic heterocycles. The molecule has 0 aliphatic carbocycles. The third-order valence-electron chi connectivity index (χ3n) is 3.43. The summed E-state index contributed by atoms with van der Waals surface area (Å²) in [5.41, 5.74) is 3.12. The fourth-order valence-corrected chi connectivity index (χ4v) is 2.21. The quantitative estimate of drug-likeness (QED) is 0.876. The molecule has 2 aromatic carbocycles. The number of phenolic OH excluding ortho intramolecular Hbond substituents is 1. The van der Waals surface area contributed by atoms with Crippen molar-refractivity contribution in [1.82, 2.24) is 0 Å². The highest BCUT2D eigenvalue weighted by Gasteiger charge is 2.11. The minimum atomic E-state index is 0.0511. The maximum absolute atomic E-state index is 9.66. The van der Waals surface area contributed by atoms with Crippen molar-refractivity contribution in [3.05, 3.63) is 47.5 Å². The molecule has 2 aromatic rings. The van der Waals surface area contributed by atoms with Crippen LogP contribution in [0, 0.1) is 6.92 Å². The molecule has 112 valence electrons. The lowest BCUT2D eigenvalue weighted by molar-refractivity contribution is 0.372. The van der Waals surface area contributed by atoms with E-state index in [2.05, 4.69) is 5.32 Å². The molecular formula is C17H21NO3. The highest BCUT2D eigenvalue weighted by Crippen LogP contribution is 2.32. The van der Waals surface area contributed by atoms with Gasteiger partial charge in [-0.15, -0.1) is 0 Å². The molecule has 0 fully saturated rings. The Morgan fingerprint density at radius 3 is 2.38 bits per heavy atom. The molecule has 0 aromatic heterocycles. The lowest BCUT2D eigenvalue weighted by Gasteiger charge is -2.19. The summed E-state index contributed by atoms with van der Waals surface area (Å²) >= 11 is 0. The Labute approximate surface area is 125 Å². The van der Waals surface area contributed by atoms with Gasteiger partial charge in [0.05, 0.1) is 19.9 Å². The largest absolute Gasteiger partial charge is 0.504 e. The van der Waals surface area contributed by atoms with Crippen molar-refractivity contribution >= 4 is 5.69 Å². The fraction of sp³-hybridized carbons (Fsp3) is 0.294. The summed E-state index contributed by atoms with van der Waals surface area (Å²) in [6.07, 6.45) is 0. The van der Waals surface area contributed by atoms with Crippen LogP contribution in [0.25, 0.3) is 0 Å². The van der Waals surface area contributed by atoms with E-state index in [4.69, 9.17) is 9.47 Å². The molecule has 21 heavy (non-hydrogen) atoms. The van der Waals surface area contributed by atoms with Crippen molar-refractivity contribution in [2.24, 2.45) is 0 Å². The number of methoxy groups -OCH3 is 2. The van der Waals surface area contributed by atoms with Gasteiger partial charge in [0, 0.05) is 6.04 Å². The third kappa shape index (κ3) is 3.40. The number of hydrogen-bond acceptors (Lipinski definition) is 4. The molecule has 0 radical (unpaired) electrons. The van der Waals surface area contributed by atoms with Gasteiger partial charge in [0.25, 0.3) is 0 Å². The van der Waals surface area contributed by atoms with Gasteiger partial charge < -0.3 is 19.9 Å². The Morgan fingerprint density at radius 2 is 1.71 bits per heavy atom. The maximum atomic E-state index is 9.66. The molecule has 0 saturated carbocycles. The van der Waals surface area contributed by atoms with Crippen LogP contribution >= 0.6 is 0 Å². The van der Waals surface area contributed by atoms with Crippen molar-refractivity contribution in [2.75, 3.05) is 19.5 Å². The van der Waals surface area contributed by atoms with Crippen LogP contribution in [0.4, 0.5) is 5.69 Å². The summed E-state index contributed by atoms with van der Waals surface area (Å²) in [4.78, 5) is 0. The van der Waals surface area contributed by atoms with Crippen LogP contribution in [-0.4, -0.2) is 19.3 Å². The Balaban J connectivity index is 2.25. The van der Waals surface area contributed by atoms with Crippen LogP contribution in [-0.2, 0) is 0 Å². The van der Waals surface area contributed by atoms with E-state index in [1.807, 2.05) is 44.2 Å². The zero-order valence-corrected chi connectivity index (χ0v) is 12.8. The van der Waals surface area contributed by atoms with Gasteiger partial charge in [-0.3, -0.25) is 0 Å². The highest BCUT2D eigenvalue weighted by atomic mass is 16.5. The van der Waals surface area contributed by atoms with Crippen LogP contribution in [0.15, 0.2) is 36.4 Å². The average molecular weight is 287 g/mol. The van der Waals surface area contributed by atoms with Gasteiger partial charge in [-0.1, -0.05) is 12.1 Å². The maximum Gasteiger partial charge on any atom is 0.160 e. The van der Waals surface area contributed by atoms with E-state index < -0.39 is 0 Å². The topological polar surface area (TPSA) is 50.7 Å². The van der Waals surface area contributed by atoms with Crippen LogP contribution in [0.5, 0.6) is 17.2 Å². The number of ether oxygens (including phenoxy) is 2. The lowest BCUT2D eigenvalue weighted by Crippen LogP contribution is -2.08. The van der Waals surface area contributed by atoms with E-state index in [0.717, 1.165) is 22.6 Å². The van der Waals surface area contributed by atoms with E-state index in [9.17, 15) is 5.11 Å². The second-order valence-corrected chi connectivity index (χ2v) is 5.00. The first-order chi connectivity index (χ1) is 10.0. The number of hydrogen-bond donors (Lipinski definition) is 2. The first-order valence-corrected chi connectivity index (χ1v) is 6.83. The Hall–Kier alpha value is -2.36. The van der Waals surface area contributed by atoms with Gasteiger partial charge in [0.2, 0.25) is 0 Å². The van der Waals surface area contributed by atoms with Crippen LogP contribution < -0.4 is 14.8 Å². The summed E-state index contributed by atoms with van der Waals surface area (Å²) in [5.74, 6) is 1.41. The van der Waals surface area contributed by atoms with Crippen molar-refractivity contribution < 1.29 is 14.6 Å². The minimum absolute atomic E-state index is 0.0511. The molecule has 1 unspecified atom stereocenters. The first kappa shape index (κ1) is 15.0. The van der Waals surface area contributed by atoms with Gasteiger partial charge in [-0.25, -0.2) is 0 Å². The summed E-state index contributed by atoms with van der Waals surface area (Å²) in [6.45, 7) is 4.09. The normalized spacial score (nSPS) is 11.8. The van der Waals surface area contributed by atoms with Crippen LogP contribution in [0.1, 0.15) is 24.1 Å². The molecule has 0 amide bonds. The molecule has 4 nitrogen and oxygen atoms in total. The van der Waals surface area contributed by atoms with Gasteiger partial charge in [0.1, 0.15) is 5.75 Å². The van der Waals surface area contributed by atoms with Gasteiger partial charge in [-0.05, 0) is 49.2 Å². The summed E-state index contributed by atoms with van der Waals surface area (Å²) in [5, 5.41) is 13.1. The standard InChI is InChI=1S/C17H21NO3/c1-11-5-8-16(20-3)14(9-11)18-12(2)13-6-7-15(19)17(10-13)21-4/h5-10,12,18-19H,1-4H3. The predicted molar refractivity (Wildman–Crippen MR) is 84.4 cm³/mol. The van der Waals surface area contributed by atoms with Crippen molar-refractivity contribution in [3.63, 3.8) is 0 Å². The Kier molecular flexibility index (Phi) is 4.58. The zero-order chi connectivity index (χ0) is 15.4. The van der Waals surface area contributed by atoms with Gasteiger partial charge >= 0.3 is 0 Å². The highest BCUT2D eigenvalue weighted by molar-refractivity contribution is 5.59. The number of aryl methyl sites for hydroxylation is 1. The van der Waals surface area contributed by atoms with Crippen molar-refractivity contribution in [3.8, 4) is 17.2 Å². The second-order valence-electron chi connectivity index (χ2n) is 5.00. The SMILES string of the molecule is COc1cc(C(C)Nc2cc(C)ccc2OC)ccc1O.